The summed E-state index contributed by atoms with van der Waals surface area (Å²) in [6.07, 6.45) is 3.55. The van der Waals surface area contributed by atoms with Gasteiger partial charge < -0.3 is 10.5 Å². The van der Waals surface area contributed by atoms with E-state index >= 15 is 0 Å². The Morgan fingerprint density at radius 3 is 2.64 bits per heavy atom. The number of rotatable bonds is 3. The number of nitriles is 1. The second-order valence-corrected chi connectivity index (χ2v) is 1.87. The Hall–Kier alpha value is -1.43. The summed E-state index contributed by atoms with van der Waals surface area (Å²) in [5.41, 5.74) is 5.61. The predicted molar refractivity (Wildman–Crippen MR) is 43.3 cm³/mol. The van der Waals surface area contributed by atoms with Crippen LogP contribution in [-0.4, -0.2) is 7.11 Å². The van der Waals surface area contributed by atoms with Gasteiger partial charge in [0, 0.05) is 6.42 Å². The molecule has 0 amide bonds. The lowest BCUT2D eigenvalue weighted by atomic mass is 10.2. The molecule has 0 heterocycles. The van der Waals surface area contributed by atoms with Crippen molar-refractivity contribution in [2.24, 2.45) is 5.73 Å². The van der Waals surface area contributed by atoms with Gasteiger partial charge in [-0.1, -0.05) is 6.92 Å². The molecule has 0 aromatic carbocycles. The van der Waals surface area contributed by atoms with Crippen LogP contribution in [0.15, 0.2) is 23.6 Å². The van der Waals surface area contributed by atoms with Crippen LogP contribution in [0.5, 0.6) is 0 Å². The second-order valence-electron chi connectivity index (χ2n) is 1.87. The molecule has 0 rings (SSSR count). The first kappa shape index (κ1) is 9.57. The van der Waals surface area contributed by atoms with Crippen LogP contribution in [-0.2, 0) is 4.74 Å². The highest BCUT2D eigenvalue weighted by Crippen LogP contribution is 2.09. The summed E-state index contributed by atoms with van der Waals surface area (Å²) < 4.78 is 4.96. The number of nitrogens with zero attached hydrogens (tertiary/aromatic N) is 1. The summed E-state index contributed by atoms with van der Waals surface area (Å²) in [4.78, 5) is 0. The van der Waals surface area contributed by atoms with Gasteiger partial charge in [-0.25, -0.2) is 0 Å². The largest absolute Gasteiger partial charge is 0.500 e. The molecule has 0 aromatic heterocycles. The molecule has 0 spiro atoms. The van der Waals surface area contributed by atoms with Gasteiger partial charge in [-0.3, -0.25) is 0 Å². The first-order valence-electron chi connectivity index (χ1n) is 3.35. The standard InChI is InChI=1S/C8H12N2O/c1-3-8(11-2)7(6-10)4-5-9/h4-5H,3,9H2,1-2H3/b5-4-,8-7-. The highest BCUT2D eigenvalue weighted by atomic mass is 16.5. The van der Waals surface area contributed by atoms with Crippen molar-refractivity contribution in [3.05, 3.63) is 23.6 Å². The molecule has 2 N–H and O–H groups in total. The molecule has 0 aliphatic carbocycles. The minimum absolute atomic E-state index is 0.484. The molecule has 0 atom stereocenters. The van der Waals surface area contributed by atoms with Crippen LogP contribution in [0, 0.1) is 11.3 Å². The fourth-order valence-corrected chi connectivity index (χ4v) is 0.734. The topological polar surface area (TPSA) is 59.0 Å². The molecule has 0 fully saturated rings. The molecule has 60 valence electrons. The normalized spacial score (nSPS) is 12.5. The molecule has 0 aromatic rings. The summed E-state index contributed by atoms with van der Waals surface area (Å²) in [6, 6.07) is 1.99. The Bertz CT molecular complexity index is 205. The minimum Gasteiger partial charge on any atom is -0.500 e. The zero-order chi connectivity index (χ0) is 8.69. The van der Waals surface area contributed by atoms with Crippen molar-refractivity contribution < 1.29 is 4.74 Å². The van der Waals surface area contributed by atoms with E-state index in [0.29, 0.717) is 17.8 Å². The highest BCUT2D eigenvalue weighted by molar-refractivity contribution is 5.35. The molecule has 0 radical (unpaired) electrons. The lowest BCUT2D eigenvalue weighted by molar-refractivity contribution is 0.278. The third kappa shape index (κ3) is 2.76. The van der Waals surface area contributed by atoms with Gasteiger partial charge in [-0.05, 0) is 12.3 Å². The summed E-state index contributed by atoms with van der Waals surface area (Å²) in [6.45, 7) is 1.92. The van der Waals surface area contributed by atoms with E-state index in [0.717, 1.165) is 0 Å². The average Bonchev–Trinajstić information content (AvgIpc) is 2.05. The van der Waals surface area contributed by atoms with Crippen LogP contribution in [0.25, 0.3) is 0 Å². The van der Waals surface area contributed by atoms with E-state index in [1.807, 2.05) is 13.0 Å². The Balaban J connectivity index is 4.66. The number of hydrogen-bond acceptors (Lipinski definition) is 3. The van der Waals surface area contributed by atoms with Crippen molar-refractivity contribution in [2.45, 2.75) is 13.3 Å². The summed E-state index contributed by atoms with van der Waals surface area (Å²) in [7, 11) is 1.54. The fourth-order valence-electron chi connectivity index (χ4n) is 0.734. The molecule has 0 aliphatic rings. The van der Waals surface area contributed by atoms with E-state index in [2.05, 4.69) is 0 Å². The average molecular weight is 152 g/mol. The first-order chi connectivity index (χ1) is 5.29. The predicted octanol–water partition coefficient (Wildman–Crippen LogP) is 1.29. The molecule has 0 saturated heterocycles. The van der Waals surface area contributed by atoms with Crippen molar-refractivity contribution in [2.75, 3.05) is 7.11 Å². The van der Waals surface area contributed by atoms with Gasteiger partial charge in [-0.2, -0.15) is 5.26 Å². The maximum absolute atomic E-state index is 8.60. The zero-order valence-electron chi connectivity index (χ0n) is 6.79. The van der Waals surface area contributed by atoms with E-state index in [-0.39, 0.29) is 0 Å². The van der Waals surface area contributed by atoms with Crippen molar-refractivity contribution in [1.29, 1.82) is 5.26 Å². The molecule has 3 nitrogen and oxygen atoms in total. The quantitative estimate of drug-likeness (QED) is 0.376. The number of ether oxygens (including phenoxy) is 1. The smallest absolute Gasteiger partial charge is 0.113 e. The van der Waals surface area contributed by atoms with E-state index < -0.39 is 0 Å². The lowest BCUT2D eigenvalue weighted by Crippen LogP contribution is -1.90. The van der Waals surface area contributed by atoms with Gasteiger partial charge in [0.2, 0.25) is 0 Å². The zero-order valence-corrected chi connectivity index (χ0v) is 6.79. The SMILES string of the molecule is CC/C(OC)=C(C#N)\C=C/N. The van der Waals surface area contributed by atoms with Gasteiger partial charge in [0.1, 0.15) is 11.8 Å². The van der Waals surface area contributed by atoms with Crippen LogP contribution in [0.3, 0.4) is 0 Å². The molecule has 0 aliphatic heterocycles. The molecule has 0 bridgehead atoms. The number of nitrogens with two attached hydrogens (primary N) is 1. The van der Waals surface area contributed by atoms with Crippen LogP contribution in [0.4, 0.5) is 0 Å². The van der Waals surface area contributed by atoms with E-state index in [9.17, 15) is 0 Å². The van der Waals surface area contributed by atoms with Crippen molar-refractivity contribution in [1.82, 2.24) is 0 Å². The van der Waals surface area contributed by atoms with Gasteiger partial charge in [0.15, 0.2) is 0 Å². The Kier molecular flexibility index (Phi) is 4.67. The molecule has 3 heteroatoms. The number of hydrogen-bond donors (Lipinski definition) is 1. The summed E-state index contributed by atoms with van der Waals surface area (Å²) in [5.74, 6) is 0.661. The Morgan fingerprint density at radius 1 is 1.73 bits per heavy atom. The fraction of sp³-hybridized carbons (Fsp3) is 0.375. The third-order valence-corrected chi connectivity index (χ3v) is 1.25. The number of allylic oxidation sites excluding steroid dienone is 3. The Morgan fingerprint density at radius 2 is 2.36 bits per heavy atom. The van der Waals surface area contributed by atoms with Crippen molar-refractivity contribution in [3.8, 4) is 6.07 Å². The van der Waals surface area contributed by atoms with Crippen LogP contribution in [0.2, 0.25) is 0 Å². The molecule has 0 saturated carbocycles. The third-order valence-electron chi connectivity index (χ3n) is 1.25. The van der Waals surface area contributed by atoms with Gasteiger partial charge >= 0.3 is 0 Å². The van der Waals surface area contributed by atoms with Crippen LogP contribution < -0.4 is 5.73 Å². The summed E-state index contributed by atoms with van der Waals surface area (Å²) >= 11 is 0. The summed E-state index contributed by atoms with van der Waals surface area (Å²) in [5, 5.41) is 8.60. The van der Waals surface area contributed by atoms with Gasteiger partial charge in [0.05, 0.1) is 12.7 Å². The van der Waals surface area contributed by atoms with E-state index in [1.165, 1.54) is 12.3 Å². The van der Waals surface area contributed by atoms with E-state index in [4.69, 9.17) is 15.7 Å². The van der Waals surface area contributed by atoms with Crippen LogP contribution in [0.1, 0.15) is 13.3 Å². The maximum atomic E-state index is 8.60. The van der Waals surface area contributed by atoms with Crippen molar-refractivity contribution in [3.63, 3.8) is 0 Å². The highest BCUT2D eigenvalue weighted by Gasteiger charge is 1.99. The number of methoxy groups -OCH3 is 1. The molecule has 11 heavy (non-hydrogen) atoms. The lowest BCUT2D eigenvalue weighted by Gasteiger charge is -2.02. The van der Waals surface area contributed by atoms with Crippen molar-refractivity contribution >= 4 is 0 Å². The molecule has 0 unspecified atom stereocenters. The van der Waals surface area contributed by atoms with Gasteiger partial charge in [-0.15, -0.1) is 0 Å². The second kappa shape index (κ2) is 5.36. The maximum Gasteiger partial charge on any atom is 0.113 e. The van der Waals surface area contributed by atoms with Gasteiger partial charge in [0.25, 0.3) is 0 Å². The minimum atomic E-state index is 0.484. The first-order valence-corrected chi connectivity index (χ1v) is 3.35. The monoisotopic (exact) mass is 152 g/mol. The molecular formula is C8H12N2O. The van der Waals surface area contributed by atoms with Crippen LogP contribution >= 0.6 is 0 Å². The Labute approximate surface area is 66.8 Å². The van der Waals surface area contributed by atoms with E-state index in [1.54, 1.807) is 7.11 Å². The molecular weight excluding hydrogens is 140 g/mol.